The van der Waals surface area contributed by atoms with E-state index >= 15 is 0 Å². The van der Waals surface area contributed by atoms with E-state index in [1.165, 1.54) is 19.0 Å². The van der Waals surface area contributed by atoms with E-state index in [1.807, 2.05) is 4.90 Å². The maximum atomic E-state index is 14.0. The van der Waals surface area contributed by atoms with Crippen molar-refractivity contribution in [1.29, 1.82) is 0 Å². The van der Waals surface area contributed by atoms with E-state index < -0.39 is 0 Å². The van der Waals surface area contributed by atoms with Gasteiger partial charge in [0.05, 0.1) is 6.20 Å². The molecule has 3 aliphatic rings. The Balaban J connectivity index is 0.000000960. The van der Waals surface area contributed by atoms with Crippen LogP contribution in [-0.2, 0) is 0 Å². The van der Waals surface area contributed by atoms with E-state index in [0.717, 1.165) is 44.9 Å². The van der Waals surface area contributed by atoms with Crippen LogP contribution in [0.3, 0.4) is 0 Å². The maximum absolute atomic E-state index is 14.0. The molecule has 2 aliphatic heterocycles. The van der Waals surface area contributed by atoms with Crippen LogP contribution < -0.4 is 15.5 Å². The van der Waals surface area contributed by atoms with Gasteiger partial charge in [0, 0.05) is 32.2 Å². The maximum Gasteiger partial charge on any atom is 0.227 e. The normalized spacial score (nSPS) is 26.9. The molecule has 8 heteroatoms. The Morgan fingerprint density at radius 1 is 1.09 bits per heavy atom. The minimum absolute atomic E-state index is 0. The molecule has 1 saturated carbocycles. The smallest absolute Gasteiger partial charge is 0.227 e. The molecule has 3 fully saturated rings. The summed E-state index contributed by atoms with van der Waals surface area (Å²) in [4.78, 5) is 12.8. The van der Waals surface area contributed by atoms with Gasteiger partial charge < -0.3 is 15.5 Å². The van der Waals surface area contributed by atoms with E-state index in [9.17, 15) is 4.39 Å². The van der Waals surface area contributed by atoms with Crippen LogP contribution >= 0.6 is 24.8 Å². The number of nitrogens with zero attached hydrogens (tertiary/aromatic N) is 4. The predicted octanol–water partition coefficient (Wildman–Crippen LogP) is 2.23. The lowest BCUT2D eigenvalue weighted by Crippen LogP contribution is -2.31. The van der Waals surface area contributed by atoms with Gasteiger partial charge >= 0.3 is 0 Å². The Bertz CT molecular complexity index is 537. The first kappa shape index (κ1) is 18.5. The summed E-state index contributed by atoms with van der Waals surface area (Å²) in [6.45, 7) is 3.47. The lowest BCUT2D eigenvalue weighted by Gasteiger charge is -2.21. The Morgan fingerprint density at radius 2 is 1.78 bits per heavy atom. The average Bonchev–Trinajstić information content (AvgIpc) is 3.03. The van der Waals surface area contributed by atoms with Crippen LogP contribution in [-0.4, -0.2) is 42.2 Å². The molecule has 5 nitrogen and oxygen atoms in total. The molecule has 1 aromatic rings. The van der Waals surface area contributed by atoms with Gasteiger partial charge in [-0.15, -0.1) is 24.8 Å². The first-order valence-electron chi connectivity index (χ1n) is 8.00. The summed E-state index contributed by atoms with van der Waals surface area (Å²) in [7, 11) is 0. The van der Waals surface area contributed by atoms with Crippen molar-refractivity contribution >= 4 is 36.6 Å². The van der Waals surface area contributed by atoms with Crippen LogP contribution in [0.15, 0.2) is 6.20 Å². The third kappa shape index (κ3) is 3.64. The van der Waals surface area contributed by atoms with Crippen LogP contribution in [0.1, 0.15) is 25.7 Å². The summed E-state index contributed by atoms with van der Waals surface area (Å²) in [5, 5.41) is 0. The second kappa shape index (κ2) is 7.36. The molecule has 1 aromatic heterocycles. The highest BCUT2D eigenvalue weighted by Crippen LogP contribution is 2.41. The number of aromatic nitrogens is 2. The van der Waals surface area contributed by atoms with Crippen LogP contribution in [0.5, 0.6) is 0 Å². The first-order valence-corrected chi connectivity index (χ1v) is 8.00. The van der Waals surface area contributed by atoms with Crippen molar-refractivity contribution < 1.29 is 4.39 Å². The van der Waals surface area contributed by atoms with Gasteiger partial charge in [-0.3, -0.25) is 0 Å². The number of anilines is 2. The van der Waals surface area contributed by atoms with Gasteiger partial charge in [-0.25, -0.2) is 9.37 Å². The van der Waals surface area contributed by atoms with Gasteiger partial charge in [-0.2, -0.15) is 4.98 Å². The third-order valence-corrected chi connectivity index (χ3v) is 5.04. The van der Waals surface area contributed by atoms with Crippen LogP contribution in [0.4, 0.5) is 16.2 Å². The third-order valence-electron chi connectivity index (χ3n) is 5.04. The van der Waals surface area contributed by atoms with E-state index in [-0.39, 0.29) is 36.7 Å². The quantitative estimate of drug-likeness (QED) is 0.892. The van der Waals surface area contributed by atoms with Gasteiger partial charge in [-0.1, -0.05) is 0 Å². The van der Waals surface area contributed by atoms with E-state index in [1.54, 1.807) is 0 Å². The minimum atomic E-state index is -0.317. The number of hydrogen-bond acceptors (Lipinski definition) is 5. The summed E-state index contributed by atoms with van der Waals surface area (Å²) in [6, 6.07) is 0.196. The van der Waals surface area contributed by atoms with Gasteiger partial charge in [0.1, 0.15) is 0 Å². The second-order valence-electron chi connectivity index (χ2n) is 6.61. The van der Waals surface area contributed by atoms with Crippen molar-refractivity contribution in [3.8, 4) is 0 Å². The van der Waals surface area contributed by atoms with Crippen molar-refractivity contribution in [2.75, 3.05) is 36.0 Å². The molecule has 130 valence electrons. The fourth-order valence-corrected chi connectivity index (χ4v) is 3.69. The standard InChI is InChI=1S/C15H22FN5.2ClH/c16-12-7-18-15(19-14(12)20-5-1-2-6-20)21-8-11(10-3-4-10)13(17)9-21;;/h7,10-11,13H,1-6,8-9,17H2;2*1H/t11-,13+;;/m1../s1. The van der Waals surface area contributed by atoms with Gasteiger partial charge in [0.2, 0.25) is 5.95 Å². The molecular formula is C15H24Cl2FN5. The number of halogens is 3. The molecule has 4 rings (SSSR count). The largest absolute Gasteiger partial charge is 0.354 e. The molecule has 2 saturated heterocycles. The lowest BCUT2D eigenvalue weighted by molar-refractivity contribution is 0.456. The molecule has 0 unspecified atom stereocenters. The molecule has 2 atom stereocenters. The highest BCUT2D eigenvalue weighted by Gasteiger charge is 2.41. The average molecular weight is 364 g/mol. The molecule has 2 N–H and O–H groups in total. The molecule has 0 bridgehead atoms. The zero-order valence-corrected chi connectivity index (χ0v) is 14.7. The highest BCUT2D eigenvalue weighted by atomic mass is 35.5. The molecule has 0 aromatic carbocycles. The summed E-state index contributed by atoms with van der Waals surface area (Å²) in [5.41, 5.74) is 6.26. The molecule has 0 radical (unpaired) electrons. The Labute approximate surface area is 148 Å². The van der Waals surface area contributed by atoms with Crippen molar-refractivity contribution in [2.45, 2.75) is 31.7 Å². The van der Waals surface area contributed by atoms with E-state index in [2.05, 4.69) is 14.9 Å². The van der Waals surface area contributed by atoms with Crippen LogP contribution in [0, 0.1) is 17.7 Å². The highest BCUT2D eigenvalue weighted by molar-refractivity contribution is 5.85. The summed E-state index contributed by atoms with van der Waals surface area (Å²) >= 11 is 0. The second-order valence-corrected chi connectivity index (χ2v) is 6.61. The summed E-state index contributed by atoms with van der Waals surface area (Å²) in [6.07, 6.45) is 6.13. The molecule has 1 aliphatic carbocycles. The summed E-state index contributed by atoms with van der Waals surface area (Å²) in [5.74, 6) is 2.11. The number of nitrogens with two attached hydrogens (primary N) is 1. The molecular weight excluding hydrogens is 340 g/mol. The molecule has 3 heterocycles. The lowest BCUT2D eigenvalue weighted by atomic mass is 9.99. The minimum Gasteiger partial charge on any atom is -0.354 e. The fraction of sp³-hybridized carbons (Fsp3) is 0.733. The number of rotatable bonds is 3. The summed E-state index contributed by atoms with van der Waals surface area (Å²) < 4.78 is 14.0. The van der Waals surface area contributed by atoms with Crippen molar-refractivity contribution in [3.05, 3.63) is 12.0 Å². The van der Waals surface area contributed by atoms with E-state index in [0.29, 0.717) is 17.7 Å². The Kier molecular flexibility index (Phi) is 5.92. The van der Waals surface area contributed by atoms with Crippen LogP contribution in [0.25, 0.3) is 0 Å². The molecule has 23 heavy (non-hydrogen) atoms. The van der Waals surface area contributed by atoms with Gasteiger partial charge in [0.25, 0.3) is 0 Å². The van der Waals surface area contributed by atoms with Gasteiger partial charge in [0.15, 0.2) is 11.6 Å². The van der Waals surface area contributed by atoms with E-state index in [4.69, 9.17) is 5.73 Å². The fourth-order valence-electron chi connectivity index (χ4n) is 3.69. The SMILES string of the molecule is Cl.Cl.N[C@H]1CN(c2ncc(F)c(N3CCCC3)n2)C[C@@H]1C1CC1. The zero-order valence-electron chi connectivity index (χ0n) is 13.0. The number of hydrogen-bond donors (Lipinski definition) is 1. The predicted molar refractivity (Wildman–Crippen MR) is 94.3 cm³/mol. The Morgan fingerprint density at radius 3 is 2.43 bits per heavy atom. The molecule has 0 amide bonds. The zero-order chi connectivity index (χ0) is 14.4. The van der Waals surface area contributed by atoms with Crippen LogP contribution in [0.2, 0.25) is 0 Å². The van der Waals surface area contributed by atoms with Crippen molar-refractivity contribution in [1.82, 2.24) is 9.97 Å². The monoisotopic (exact) mass is 363 g/mol. The molecule has 0 spiro atoms. The Hall–Kier alpha value is -0.850. The van der Waals surface area contributed by atoms with Crippen molar-refractivity contribution in [2.24, 2.45) is 17.6 Å². The topological polar surface area (TPSA) is 58.3 Å². The van der Waals surface area contributed by atoms with Gasteiger partial charge in [-0.05, 0) is 37.5 Å². The van der Waals surface area contributed by atoms with Crippen molar-refractivity contribution in [3.63, 3.8) is 0 Å². The first-order chi connectivity index (χ1) is 10.2.